The molecule has 58 valence electrons. The summed E-state index contributed by atoms with van der Waals surface area (Å²) in [5.74, 6) is 0.205. The maximum atomic E-state index is 9.35. The fourth-order valence-corrected chi connectivity index (χ4v) is 0.887. The van der Waals surface area contributed by atoms with E-state index in [0.717, 1.165) is 6.42 Å². The van der Waals surface area contributed by atoms with Crippen LogP contribution in [0.5, 0.6) is 0 Å². The summed E-state index contributed by atoms with van der Waals surface area (Å²) in [6.45, 7) is 7.58. The summed E-state index contributed by atoms with van der Waals surface area (Å²) in [6.07, 6.45) is 6.03. The summed E-state index contributed by atoms with van der Waals surface area (Å²) in [7, 11) is 0. The number of hydrogen-bond donors (Lipinski definition) is 1. The van der Waals surface area contributed by atoms with Gasteiger partial charge in [0.25, 0.3) is 0 Å². The lowest BCUT2D eigenvalue weighted by Crippen LogP contribution is -2.14. The van der Waals surface area contributed by atoms with Crippen LogP contribution >= 0.6 is 0 Å². The van der Waals surface area contributed by atoms with Crippen LogP contribution < -0.4 is 0 Å². The van der Waals surface area contributed by atoms with Crippen molar-refractivity contribution < 1.29 is 5.11 Å². The highest BCUT2D eigenvalue weighted by Gasteiger charge is 2.08. The van der Waals surface area contributed by atoms with E-state index in [-0.39, 0.29) is 12.0 Å². The van der Waals surface area contributed by atoms with Gasteiger partial charge in [-0.2, -0.15) is 0 Å². The molecule has 0 spiro atoms. The Morgan fingerprint density at radius 1 is 1.60 bits per heavy atom. The Bertz CT molecular complexity index is 116. The van der Waals surface area contributed by atoms with E-state index in [1.165, 1.54) is 0 Å². The fraction of sp³-hybridized carbons (Fsp3) is 0.556. The van der Waals surface area contributed by atoms with Gasteiger partial charge in [0.1, 0.15) is 0 Å². The molecule has 2 unspecified atom stereocenters. The summed E-state index contributed by atoms with van der Waals surface area (Å²) in [6, 6.07) is 0. The summed E-state index contributed by atoms with van der Waals surface area (Å²) in [5.41, 5.74) is 0. The number of rotatable bonds is 4. The van der Waals surface area contributed by atoms with Crippen molar-refractivity contribution in [1.82, 2.24) is 0 Å². The molecular weight excluding hydrogens is 124 g/mol. The molecule has 0 aromatic carbocycles. The molecule has 0 rings (SSSR count). The van der Waals surface area contributed by atoms with Gasteiger partial charge in [-0.3, -0.25) is 0 Å². The molecule has 1 heteroatoms. The minimum absolute atomic E-state index is 0.205. The van der Waals surface area contributed by atoms with Crippen molar-refractivity contribution in [1.29, 1.82) is 0 Å². The minimum atomic E-state index is -0.354. The highest BCUT2D eigenvalue weighted by Crippen LogP contribution is 2.10. The van der Waals surface area contributed by atoms with Crippen LogP contribution in [0.25, 0.3) is 0 Å². The number of aliphatic hydroxyl groups is 1. The van der Waals surface area contributed by atoms with E-state index in [0.29, 0.717) is 0 Å². The third-order valence-corrected chi connectivity index (χ3v) is 1.60. The quantitative estimate of drug-likeness (QED) is 0.593. The standard InChI is InChI=1S/C9H16O/c1-4-7-9(10)8(5-2)6-3/h4-5,7-10H,2,6H2,1,3H3/b7-4+. The molecule has 0 radical (unpaired) electrons. The molecule has 0 aromatic heterocycles. The summed E-state index contributed by atoms with van der Waals surface area (Å²) < 4.78 is 0. The number of hydrogen-bond acceptors (Lipinski definition) is 1. The smallest absolute Gasteiger partial charge is 0.0783 e. The van der Waals surface area contributed by atoms with E-state index in [1.54, 1.807) is 12.2 Å². The average molecular weight is 140 g/mol. The number of allylic oxidation sites excluding steroid dienone is 1. The van der Waals surface area contributed by atoms with Crippen molar-refractivity contribution in [3.8, 4) is 0 Å². The van der Waals surface area contributed by atoms with E-state index in [1.807, 2.05) is 19.9 Å². The summed E-state index contributed by atoms with van der Waals surface area (Å²) in [4.78, 5) is 0. The first-order chi connectivity index (χ1) is 4.76. The maximum Gasteiger partial charge on any atom is 0.0783 e. The fourth-order valence-electron chi connectivity index (χ4n) is 0.887. The highest BCUT2D eigenvalue weighted by atomic mass is 16.3. The van der Waals surface area contributed by atoms with Crippen molar-refractivity contribution in [3.05, 3.63) is 24.8 Å². The van der Waals surface area contributed by atoms with Gasteiger partial charge in [0.05, 0.1) is 6.10 Å². The normalized spacial score (nSPS) is 17.1. The van der Waals surface area contributed by atoms with E-state index in [4.69, 9.17) is 0 Å². The minimum Gasteiger partial charge on any atom is -0.388 e. The van der Waals surface area contributed by atoms with Crippen LogP contribution in [0, 0.1) is 5.92 Å². The van der Waals surface area contributed by atoms with Crippen LogP contribution in [0.2, 0.25) is 0 Å². The van der Waals surface area contributed by atoms with Gasteiger partial charge in [0, 0.05) is 5.92 Å². The predicted octanol–water partition coefficient (Wildman–Crippen LogP) is 2.14. The lowest BCUT2D eigenvalue weighted by atomic mass is 9.99. The number of aliphatic hydroxyl groups excluding tert-OH is 1. The van der Waals surface area contributed by atoms with E-state index < -0.39 is 0 Å². The van der Waals surface area contributed by atoms with E-state index in [9.17, 15) is 5.11 Å². The molecule has 10 heavy (non-hydrogen) atoms. The first kappa shape index (κ1) is 9.44. The average Bonchev–Trinajstić information content (AvgIpc) is 1.91. The Labute approximate surface area is 63.1 Å². The molecule has 0 fully saturated rings. The zero-order valence-corrected chi connectivity index (χ0v) is 6.75. The Kier molecular flexibility index (Phi) is 4.95. The molecule has 0 aliphatic rings. The molecule has 0 bridgehead atoms. The summed E-state index contributed by atoms with van der Waals surface area (Å²) >= 11 is 0. The van der Waals surface area contributed by atoms with Gasteiger partial charge in [-0.25, -0.2) is 0 Å². The third kappa shape index (κ3) is 2.83. The van der Waals surface area contributed by atoms with Gasteiger partial charge < -0.3 is 5.11 Å². The maximum absolute atomic E-state index is 9.35. The van der Waals surface area contributed by atoms with Crippen molar-refractivity contribution in [2.24, 2.45) is 5.92 Å². The van der Waals surface area contributed by atoms with Gasteiger partial charge in [-0.15, -0.1) is 6.58 Å². The SMILES string of the molecule is C=CC(CC)C(O)/C=C/C. The van der Waals surface area contributed by atoms with Gasteiger partial charge in [0.15, 0.2) is 0 Å². The first-order valence-electron chi connectivity index (χ1n) is 3.69. The molecule has 0 aliphatic heterocycles. The Morgan fingerprint density at radius 2 is 2.20 bits per heavy atom. The van der Waals surface area contributed by atoms with Gasteiger partial charge in [0.2, 0.25) is 0 Å². The molecule has 0 heterocycles. The molecule has 0 aromatic rings. The highest BCUT2D eigenvalue weighted by molar-refractivity contribution is 4.95. The van der Waals surface area contributed by atoms with Gasteiger partial charge in [-0.05, 0) is 13.3 Å². The second-order valence-corrected chi connectivity index (χ2v) is 2.32. The second kappa shape index (κ2) is 5.24. The van der Waals surface area contributed by atoms with Gasteiger partial charge in [-0.1, -0.05) is 25.2 Å². The molecule has 0 saturated heterocycles. The van der Waals surface area contributed by atoms with Crippen LogP contribution in [-0.2, 0) is 0 Å². The predicted molar refractivity (Wildman–Crippen MR) is 44.8 cm³/mol. The molecule has 0 aliphatic carbocycles. The zero-order valence-electron chi connectivity index (χ0n) is 6.75. The van der Waals surface area contributed by atoms with Crippen LogP contribution in [0.3, 0.4) is 0 Å². The van der Waals surface area contributed by atoms with Crippen molar-refractivity contribution in [2.45, 2.75) is 26.4 Å². The molecule has 1 N–H and O–H groups in total. The van der Waals surface area contributed by atoms with Crippen molar-refractivity contribution >= 4 is 0 Å². The second-order valence-electron chi connectivity index (χ2n) is 2.32. The van der Waals surface area contributed by atoms with Gasteiger partial charge >= 0.3 is 0 Å². The summed E-state index contributed by atoms with van der Waals surface area (Å²) in [5, 5.41) is 9.35. The largest absolute Gasteiger partial charge is 0.388 e. The van der Waals surface area contributed by atoms with E-state index in [2.05, 4.69) is 6.58 Å². The molecule has 1 nitrogen and oxygen atoms in total. The first-order valence-corrected chi connectivity index (χ1v) is 3.69. The van der Waals surface area contributed by atoms with Crippen LogP contribution in [0.4, 0.5) is 0 Å². The van der Waals surface area contributed by atoms with E-state index >= 15 is 0 Å². The van der Waals surface area contributed by atoms with Crippen LogP contribution in [-0.4, -0.2) is 11.2 Å². The Hall–Kier alpha value is -0.560. The lowest BCUT2D eigenvalue weighted by molar-refractivity contribution is 0.174. The van der Waals surface area contributed by atoms with Crippen molar-refractivity contribution in [2.75, 3.05) is 0 Å². The molecule has 2 atom stereocenters. The topological polar surface area (TPSA) is 20.2 Å². The molecular formula is C9H16O. The Balaban J connectivity index is 3.87. The van der Waals surface area contributed by atoms with Crippen molar-refractivity contribution in [3.63, 3.8) is 0 Å². The third-order valence-electron chi connectivity index (χ3n) is 1.60. The molecule has 0 saturated carbocycles. The Morgan fingerprint density at radius 3 is 2.50 bits per heavy atom. The lowest BCUT2D eigenvalue weighted by Gasteiger charge is -2.13. The van der Waals surface area contributed by atoms with Crippen LogP contribution in [0.15, 0.2) is 24.8 Å². The zero-order chi connectivity index (χ0) is 7.98. The molecule has 0 amide bonds. The monoisotopic (exact) mass is 140 g/mol. The van der Waals surface area contributed by atoms with Crippen LogP contribution in [0.1, 0.15) is 20.3 Å².